The standard InChI is InChI=1S/C15H19ClN4O2/c1-3-6-17-14(21)9-20(2)8-13-18-12-7-10(16)4-5-11(12)15(22)19-13/h4-5,7H,3,6,8-9H2,1-2H3,(H,17,21)(H,18,19,22)/p+1. The number of H-pyrrole nitrogens is 1. The molecule has 2 rings (SSSR count). The number of hydrogen-bond acceptors (Lipinski definition) is 3. The highest BCUT2D eigenvalue weighted by molar-refractivity contribution is 6.31. The van der Waals surface area contributed by atoms with Crippen LogP contribution in [0.1, 0.15) is 19.2 Å². The molecule has 118 valence electrons. The van der Waals surface area contributed by atoms with Gasteiger partial charge in [-0.1, -0.05) is 18.5 Å². The predicted molar refractivity (Wildman–Crippen MR) is 86.1 cm³/mol. The van der Waals surface area contributed by atoms with Crippen LogP contribution in [-0.4, -0.2) is 36.0 Å². The van der Waals surface area contributed by atoms with Gasteiger partial charge >= 0.3 is 0 Å². The zero-order valence-corrected chi connectivity index (χ0v) is 13.5. The van der Waals surface area contributed by atoms with Gasteiger partial charge in [0, 0.05) is 11.6 Å². The molecule has 1 unspecified atom stereocenters. The van der Waals surface area contributed by atoms with Crippen molar-refractivity contribution < 1.29 is 9.69 Å². The molecule has 0 aliphatic carbocycles. The summed E-state index contributed by atoms with van der Waals surface area (Å²) >= 11 is 5.94. The van der Waals surface area contributed by atoms with Crippen LogP contribution in [0.2, 0.25) is 5.02 Å². The first-order chi connectivity index (χ1) is 10.5. The summed E-state index contributed by atoms with van der Waals surface area (Å²) in [4.78, 5) is 31.8. The van der Waals surface area contributed by atoms with Crippen LogP contribution >= 0.6 is 11.6 Å². The summed E-state index contributed by atoms with van der Waals surface area (Å²) in [6.45, 7) is 3.47. The lowest BCUT2D eigenvalue weighted by atomic mass is 10.2. The number of likely N-dealkylation sites (N-methyl/N-ethyl adjacent to an activating group) is 1. The fourth-order valence-electron chi connectivity index (χ4n) is 2.19. The molecule has 7 heteroatoms. The number of aromatic amines is 1. The van der Waals surface area contributed by atoms with E-state index < -0.39 is 0 Å². The van der Waals surface area contributed by atoms with E-state index in [1.807, 2.05) is 14.0 Å². The minimum atomic E-state index is -0.195. The SMILES string of the molecule is CCCNC(=O)C[NH+](C)Cc1nc2cc(Cl)ccc2c(=O)[nH]1. The van der Waals surface area contributed by atoms with E-state index >= 15 is 0 Å². The van der Waals surface area contributed by atoms with Crippen molar-refractivity contribution in [1.82, 2.24) is 15.3 Å². The molecule has 3 N–H and O–H groups in total. The summed E-state index contributed by atoms with van der Waals surface area (Å²) in [7, 11) is 1.88. The number of nitrogens with zero attached hydrogens (tertiary/aromatic N) is 1. The van der Waals surface area contributed by atoms with E-state index in [1.165, 1.54) is 0 Å². The zero-order valence-electron chi connectivity index (χ0n) is 12.7. The van der Waals surface area contributed by atoms with Crippen molar-refractivity contribution >= 4 is 28.4 Å². The quantitative estimate of drug-likeness (QED) is 0.706. The number of aromatic nitrogens is 2. The van der Waals surface area contributed by atoms with Crippen molar-refractivity contribution in [3.8, 4) is 0 Å². The normalized spacial score (nSPS) is 12.3. The Bertz CT molecular complexity index is 729. The lowest BCUT2D eigenvalue weighted by molar-refractivity contribution is -0.886. The molecule has 0 radical (unpaired) electrons. The molecular formula is C15H20ClN4O2+. The predicted octanol–water partition coefficient (Wildman–Crippen LogP) is 0.117. The summed E-state index contributed by atoms with van der Waals surface area (Å²) in [6.07, 6.45) is 0.908. The second kappa shape index (κ2) is 7.38. The monoisotopic (exact) mass is 323 g/mol. The Morgan fingerprint density at radius 3 is 2.95 bits per heavy atom. The first-order valence-corrected chi connectivity index (χ1v) is 7.64. The van der Waals surface area contributed by atoms with Gasteiger partial charge in [0.1, 0.15) is 6.54 Å². The van der Waals surface area contributed by atoms with Gasteiger partial charge in [0.15, 0.2) is 12.4 Å². The van der Waals surface area contributed by atoms with Crippen molar-refractivity contribution in [2.24, 2.45) is 0 Å². The van der Waals surface area contributed by atoms with E-state index in [2.05, 4.69) is 15.3 Å². The second-order valence-corrected chi connectivity index (χ2v) is 5.77. The van der Waals surface area contributed by atoms with Gasteiger partial charge < -0.3 is 15.2 Å². The average molecular weight is 324 g/mol. The van der Waals surface area contributed by atoms with Crippen LogP contribution in [0.4, 0.5) is 0 Å². The Labute approximate surface area is 133 Å². The van der Waals surface area contributed by atoms with E-state index in [-0.39, 0.29) is 11.5 Å². The third kappa shape index (κ3) is 4.29. The number of quaternary nitrogens is 1. The van der Waals surface area contributed by atoms with E-state index in [9.17, 15) is 9.59 Å². The molecule has 22 heavy (non-hydrogen) atoms. The average Bonchev–Trinajstić information content (AvgIpc) is 2.44. The lowest BCUT2D eigenvalue weighted by Gasteiger charge is -2.13. The number of nitrogens with one attached hydrogen (secondary N) is 3. The molecule has 2 aromatic rings. The van der Waals surface area contributed by atoms with E-state index in [1.54, 1.807) is 18.2 Å². The first kappa shape index (κ1) is 16.5. The largest absolute Gasteiger partial charge is 0.351 e. The fourth-order valence-corrected chi connectivity index (χ4v) is 2.36. The molecule has 1 atom stereocenters. The van der Waals surface area contributed by atoms with Crippen LogP contribution in [0, 0.1) is 0 Å². The minimum Gasteiger partial charge on any atom is -0.351 e. The number of carbonyl (C=O) groups excluding carboxylic acids is 1. The maximum atomic E-state index is 12.0. The Morgan fingerprint density at radius 1 is 1.45 bits per heavy atom. The molecule has 0 spiro atoms. The molecule has 0 saturated heterocycles. The van der Waals surface area contributed by atoms with Gasteiger partial charge in [0.25, 0.3) is 11.5 Å². The lowest BCUT2D eigenvalue weighted by Crippen LogP contribution is -3.09. The van der Waals surface area contributed by atoms with Gasteiger partial charge in [-0.05, 0) is 24.6 Å². The highest BCUT2D eigenvalue weighted by Gasteiger charge is 2.12. The van der Waals surface area contributed by atoms with Crippen molar-refractivity contribution in [2.45, 2.75) is 19.9 Å². The molecule has 1 aromatic carbocycles. The molecular weight excluding hydrogens is 304 g/mol. The van der Waals surface area contributed by atoms with Crippen molar-refractivity contribution in [2.75, 3.05) is 20.1 Å². The summed E-state index contributed by atoms with van der Waals surface area (Å²) < 4.78 is 0. The Balaban J connectivity index is 2.11. The van der Waals surface area contributed by atoms with Gasteiger partial charge in [0.2, 0.25) is 0 Å². The van der Waals surface area contributed by atoms with Crippen molar-refractivity contribution in [3.63, 3.8) is 0 Å². The number of amides is 1. The van der Waals surface area contributed by atoms with Crippen LogP contribution in [-0.2, 0) is 11.3 Å². The smallest absolute Gasteiger partial charge is 0.275 e. The maximum absolute atomic E-state index is 12.0. The first-order valence-electron chi connectivity index (χ1n) is 7.26. The molecule has 6 nitrogen and oxygen atoms in total. The molecule has 0 bridgehead atoms. The van der Waals surface area contributed by atoms with Gasteiger partial charge in [0.05, 0.1) is 18.0 Å². The van der Waals surface area contributed by atoms with Crippen LogP contribution in [0.25, 0.3) is 10.9 Å². The number of fused-ring (bicyclic) bond motifs is 1. The number of halogens is 1. The Morgan fingerprint density at radius 2 is 2.23 bits per heavy atom. The highest BCUT2D eigenvalue weighted by atomic mass is 35.5. The zero-order chi connectivity index (χ0) is 16.1. The third-order valence-electron chi connectivity index (χ3n) is 3.22. The molecule has 0 fully saturated rings. The van der Waals surface area contributed by atoms with Gasteiger partial charge in [-0.3, -0.25) is 9.59 Å². The highest BCUT2D eigenvalue weighted by Crippen LogP contribution is 2.14. The summed E-state index contributed by atoms with van der Waals surface area (Å²) in [5.74, 6) is 0.533. The summed E-state index contributed by atoms with van der Waals surface area (Å²) in [5.41, 5.74) is 0.370. The second-order valence-electron chi connectivity index (χ2n) is 5.33. The van der Waals surface area contributed by atoms with Crippen LogP contribution in [0.3, 0.4) is 0 Å². The van der Waals surface area contributed by atoms with E-state index in [0.717, 1.165) is 11.3 Å². The van der Waals surface area contributed by atoms with E-state index in [4.69, 9.17) is 11.6 Å². The molecule has 1 aromatic heterocycles. The van der Waals surface area contributed by atoms with E-state index in [0.29, 0.717) is 41.4 Å². The number of hydrogen-bond donors (Lipinski definition) is 3. The van der Waals surface area contributed by atoms with Gasteiger partial charge in [-0.15, -0.1) is 0 Å². The Kier molecular flexibility index (Phi) is 5.51. The van der Waals surface area contributed by atoms with Gasteiger partial charge in [-0.2, -0.15) is 0 Å². The molecule has 0 saturated carbocycles. The minimum absolute atomic E-state index is 0.00877. The molecule has 1 heterocycles. The number of rotatable bonds is 6. The van der Waals surface area contributed by atoms with Crippen LogP contribution in [0.5, 0.6) is 0 Å². The maximum Gasteiger partial charge on any atom is 0.275 e. The fraction of sp³-hybridized carbons (Fsp3) is 0.400. The topological polar surface area (TPSA) is 79.3 Å². The Hall–Kier alpha value is -1.92. The molecule has 0 aliphatic rings. The van der Waals surface area contributed by atoms with Crippen molar-refractivity contribution in [1.29, 1.82) is 0 Å². The molecule has 0 aliphatic heterocycles. The summed E-state index contributed by atoms with van der Waals surface area (Å²) in [6, 6.07) is 4.98. The van der Waals surface area contributed by atoms with Crippen molar-refractivity contribution in [3.05, 3.63) is 39.4 Å². The molecule has 1 amide bonds. The van der Waals surface area contributed by atoms with Crippen LogP contribution < -0.4 is 15.8 Å². The number of carbonyl (C=O) groups is 1. The number of benzene rings is 1. The third-order valence-corrected chi connectivity index (χ3v) is 3.46. The van der Waals surface area contributed by atoms with Crippen LogP contribution in [0.15, 0.2) is 23.0 Å². The van der Waals surface area contributed by atoms with Gasteiger partial charge in [-0.25, -0.2) is 4.98 Å². The summed E-state index contributed by atoms with van der Waals surface area (Å²) in [5, 5.41) is 3.87.